The van der Waals surface area contributed by atoms with Crippen LogP contribution in [0.3, 0.4) is 0 Å². The molecule has 15 heavy (non-hydrogen) atoms. The SMILES string of the molecule is O=C(NCCCCCCCl)c1csnn1. The van der Waals surface area contributed by atoms with Crippen molar-refractivity contribution >= 4 is 29.0 Å². The molecule has 1 rings (SSSR count). The fourth-order valence-corrected chi connectivity index (χ4v) is 1.75. The Balaban J connectivity index is 2.03. The summed E-state index contributed by atoms with van der Waals surface area (Å²) in [5.41, 5.74) is 0.403. The predicted octanol–water partition coefficient (Wildman–Crippen LogP) is 2.07. The minimum absolute atomic E-state index is 0.138. The lowest BCUT2D eigenvalue weighted by molar-refractivity contribution is 0.0948. The van der Waals surface area contributed by atoms with Crippen LogP contribution in [0.1, 0.15) is 36.2 Å². The van der Waals surface area contributed by atoms with E-state index in [0.29, 0.717) is 12.2 Å². The van der Waals surface area contributed by atoms with Gasteiger partial charge < -0.3 is 5.32 Å². The zero-order valence-electron chi connectivity index (χ0n) is 8.41. The summed E-state index contributed by atoms with van der Waals surface area (Å²) in [7, 11) is 0. The van der Waals surface area contributed by atoms with E-state index in [1.807, 2.05) is 0 Å². The lowest BCUT2D eigenvalue weighted by Crippen LogP contribution is -2.24. The molecule has 0 aliphatic rings. The van der Waals surface area contributed by atoms with Crippen molar-refractivity contribution in [1.29, 1.82) is 0 Å². The van der Waals surface area contributed by atoms with Gasteiger partial charge in [0, 0.05) is 17.8 Å². The molecule has 0 aliphatic carbocycles. The van der Waals surface area contributed by atoms with Gasteiger partial charge in [0.15, 0.2) is 5.69 Å². The first kappa shape index (κ1) is 12.4. The molecule has 0 radical (unpaired) electrons. The number of nitrogens with zero attached hydrogens (tertiary/aromatic N) is 2. The van der Waals surface area contributed by atoms with Crippen LogP contribution in [0, 0.1) is 0 Å². The highest BCUT2D eigenvalue weighted by Crippen LogP contribution is 2.01. The van der Waals surface area contributed by atoms with Crippen LogP contribution < -0.4 is 5.32 Å². The first-order chi connectivity index (χ1) is 7.34. The molecule has 1 N–H and O–H groups in total. The summed E-state index contributed by atoms with van der Waals surface area (Å²) in [5, 5.41) is 8.12. The third-order valence-corrected chi connectivity index (χ3v) is 2.71. The van der Waals surface area contributed by atoms with E-state index in [1.165, 1.54) is 11.5 Å². The second-order valence-corrected chi connectivity index (χ2v) is 4.14. The normalized spacial score (nSPS) is 10.2. The van der Waals surface area contributed by atoms with Crippen molar-refractivity contribution in [2.24, 2.45) is 0 Å². The van der Waals surface area contributed by atoms with Crippen molar-refractivity contribution < 1.29 is 4.79 Å². The minimum Gasteiger partial charge on any atom is -0.351 e. The maximum Gasteiger partial charge on any atom is 0.272 e. The maximum atomic E-state index is 11.4. The zero-order valence-corrected chi connectivity index (χ0v) is 9.98. The summed E-state index contributed by atoms with van der Waals surface area (Å²) in [5.74, 6) is 0.581. The summed E-state index contributed by atoms with van der Waals surface area (Å²) in [4.78, 5) is 11.4. The molecule has 0 spiro atoms. The molecular formula is C9H14ClN3OS. The second kappa shape index (κ2) is 7.59. The van der Waals surface area contributed by atoms with Crippen LogP contribution in [-0.4, -0.2) is 27.9 Å². The first-order valence-electron chi connectivity index (χ1n) is 4.96. The van der Waals surface area contributed by atoms with Crippen LogP contribution in [0.15, 0.2) is 5.38 Å². The lowest BCUT2D eigenvalue weighted by Gasteiger charge is -2.01. The van der Waals surface area contributed by atoms with Gasteiger partial charge in [-0.05, 0) is 24.4 Å². The number of amides is 1. The number of unbranched alkanes of at least 4 members (excludes halogenated alkanes) is 3. The molecule has 84 valence electrons. The minimum atomic E-state index is -0.138. The molecule has 0 bridgehead atoms. The summed E-state index contributed by atoms with van der Waals surface area (Å²) < 4.78 is 3.63. The number of alkyl halides is 1. The van der Waals surface area contributed by atoms with E-state index in [2.05, 4.69) is 14.9 Å². The molecule has 1 aromatic heterocycles. The number of carbonyl (C=O) groups is 1. The Morgan fingerprint density at radius 1 is 1.40 bits per heavy atom. The highest BCUT2D eigenvalue weighted by Gasteiger charge is 2.06. The Morgan fingerprint density at radius 2 is 2.20 bits per heavy atom. The highest BCUT2D eigenvalue weighted by atomic mass is 35.5. The third kappa shape index (κ3) is 5.09. The first-order valence-corrected chi connectivity index (χ1v) is 6.33. The van der Waals surface area contributed by atoms with E-state index in [-0.39, 0.29) is 5.91 Å². The molecule has 0 atom stereocenters. The van der Waals surface area contributed by atoms with Crippen LogP contribution in [0.4, 0.5) is 0 Å². The monoisotopic (exact) mass is 247 g/mol. The summed E-state index contributed by atoms with van der Waals surface area (Å²) >= 11 is 6.73. The fraction of sp³-hybridized carbons (Fsp3) is 0.667. The number of halogens is 1. The summed E-state index contributed by atoms with van der Waals surface area (Å²) in [6.45, 7) is 0.693. The zero-order chi connectivity index (χ0) is 10.9. The number of rotatable bonds is 7. The molecule has 1 aromatic rings. The van der Waals surface area contributed by atoms with E-state index in [9.17, 15) is 4.79 Å². The quantitative estimate of drug-likeness (QED) is 0.593. The number of carbonyl (C=O) groups excluding carboxylic acids is 1. The van der Waals surface area contributed by atoms with Crippen LogP contribution >= 0.6 is 23.1 Å². The van der Waals surface area contributed by atoms with Gasteiger partial charge in [0.25, 0.3) is 5.91 Å². The average Bonchev–Trinajstić information content (AvgIpc) is 2.76. The van der Waals surface area contributed by atoms with E-state index in [0.717, 1.165) is 31.6 Å². The van der Waals surface area contributed by atoms with Gasteiger partial charge in [0.05, 0.1) is 0 Å². The van der Waals surface area contributed by atoms with Gasteiger partial charge in [-0.2, -0.15) is 0 Å². The topological polar surface area (TPSA) is 54.9 Å². The van der Waals surface area contributed by atoms with E-state index in [1.54, 1.807) is 5.38 Å². The van der Waals surface area contributed by atoms with Gasteiger partial charge in [-0.25, -0.2) is 0 Å². The van der Waals surface area contributed by atoms with E-state index in [4.69, 9.17) is 11.6 Å². The van der Waals surface area contributed by atoms with Crippen molar-refractivity contribution in [1.82, 2.24) is 14.9 Å². The highest BCUT2D eigenvalue weighted by molar-refractivity contribution is 7.03. The van der Waals surface area contributed by atoms with Gasteiger partial charge in [0.2, 0.25) is 0 Å². The third-order valence-electron chi connectivity index (χ3n) is 1.94. The predicted molar refractivity (Wildman–Crippen MR) is 61.4 cm³/mol. The standard InChI is InChI=1S/C9H14ClN3OS/c10-5-3-1-2-4-6-11-9(14)8-7-15-13-12-8/h7H,1-6H2,(H,11,14). The number of aromatic nitrogens is 2. The fourth-order valence-electron chi connectivity index (χ4n) is 1.13. The largest absolute Gasteiger partial charge is 0.351 e. The number of hydrogen-bond donors (Lipinski definition) is 1. The molecule has 0 unspecified atom stereocenters. The summed E-state index contributed by atoms with van der Waals surface area (Å²) in [6.07, 6.45) is 4.26. The Morgan fingerprint density at radius 3 is 2.87 bits per heavy atom. The smallest absolute Gasteiger partial charge is 0.272 e. The van der Waals surface area contributed by atoms with Crippen LogP contribution in [0.2, 0.25) is 0 Å². The van der Waals surface area contributed by atoms with Gasteiger partial charge in [0.1, 0.15) is 0 Å². The molecule has 0 fully saturated rings. The van der Waals surface area contributed by atoms with Crippen molar-refractivity contribution in [3.05, 3.63) is 11.1 Å². The number of hydrogen-bond acceptors (Lipinski definition) is 4. The van der Waals surface area contributed by atoms with Crippen LogP contribution in [-0.2, 0) is 0 Å². The van der Waals surface area contributed by atoms with Crippen LogP contribution in [0.25, 0.3) is 0 Å². The molecule has 4 nitrogen and oxygen atoms in total. The van der Waals surface area contributed by atoms with Crippen molar-refractivity contribution in [3.63, 3.8) is 0 Å². The summed E-state index contributed by atoms with van der Waals surface area (Å²) in [6, 6.07) is 0. The average molecular weight is 248 g/mol. The second-order valence-electron chi connectivity index (χ2n) is 3.15. The molecule has 1 amide bonds. The molecule has 0 saturated carbocycles. The Kier molecular flexibility index (Phi) is 6.27. The molecule has 1 heterocycles. The maximum absolute atomic E-state index is 11.4. The molecule has 0 aliphatic heterocycles. The Labute approximate surface area is 98.2 Å². The molecular weight excluding hydrogens is 234 g/mol. The van der Waals surface area contributed by atoms with Gasteiger partial charge in [-0.15, -0.1) is 16.7 Å². The van der Waals surface area contributed by atoms with Gasteiger partial charge >= 0.3 is 0 Å². The van der Waals surface area contributed by atoms with Crippen LogP contribution in [0.5, 0.6) is 0 Å². The van der Waals surface area contributed by atoms with Crippen molar-refractivity contribution in [3.8, 4) is 0 Å². The van der Waals surface area contributed by atoms with Crippen molar-refractivity contribution in [2.45, 2.75) is 25.7 Å². The van der Waals surface area contributed by atoms with Gasteiger partial charge in [-0.1, -0.05) is 17.3 Å². The molecule has 0 saturated heterocycles. The number of nitrogens with one attached hydrogen (secondary N) is 1. The van der Waals surface area contributed by atoms with Gasteiger partial charge in [-0.3, -0.25) is 4.79 Å². The lowest BCUT2D eigenvalue weighted by atomic mass is 10.2. The Hall–Kier alpha value is -0.680. The van der Waals surface area contributed by atoms with E-state index < -0.39 is 0 Å². The Bertz CT molecular complexity index is 279. The van der Waals surface area contributed by atoms with Crippen molar-refractivity contribution in [2.75, 3.05) is 12.4 Å². The van der Waals surface area contributed by atoms with E-state index >= 15 is 0 Å². The molecule has 0 aromatic carbocycles. The molecule has 6 heteroatoms.